The van der Waals surface area contributed by atoms with Crippen LogP contribution in [-0.2, 0) is 16.6 Å². The van der Waals surface area contributed by atoms with E-state index in [0.29, 0.717) is 18.9 Å². The molecule has 1 aliphatic heterocycles. The number of H-pyrrole nitrogens is 1. The van der Waals surface area contributed by atoms with E-state index in [-0.39, 0.29) is 16.9 Å². The Hall–Kier alpha value is -2.63. The number of carbonyl (C=O) groups excluding carboxylic acids is 1. The number of amides is 1. The van der Waals surface area contributed by atoms with Gasteiger partial charge in [-0.2, -0.15) is 0 Å². The zero-order valence-electron chi connectivity index (χ0n) is 15.7. The van der Waals surface area contributed by atoms with Crippen LogP contribution in [0.15, 0.2) is 35.1 Å². The summed E-state index contributed by atoms with van der Waals surface area (Å²) in [7, 11) is 0. The lowest BCUT2D eigenvalue weighted by molar-refractivity contribution is -0.133. The molecule has 1 aliphatic carbocycles. The molecule has 0 unspecified atom stereocenters. The summed E-state index contributed by atoms with van der Waals surface area (Å²) in [6.45, 7) is 3.66. The molecule has 2 aliphatic rings. The van der Waals surface area contributed by atoms with Crippen LogP contribution in [0.2, 0.25) is 0 Å². The molecule has 1 amide bonds. The second-order valence-corrected chi connectivity index (χ2v) is 7.55. The zero-order valence-corrected chi connectivity index (χ0v) is 15.7. The van der Waals surface area contributed by atoms with Crippen molar-refractivity contribution in [1.82, 2.24) is 14.9 Å². The highest BCUT2D eigenvalue weighted by Gasteiger charge is 2.44. The van der Waals surface area contributed by atoms with Crippen LogP contribution in [-0.4, -0.2) is 40.5 Å². The van der Waals surface area contributed by atoms with Gasteiger partial charge in [-0.05, 0) is 44.7 Å². The van der Waals surface area contributed by atoms with Gasteiger partial charge >= 0.3 is 0 Å². The van der Waals surface area contributed by atoms with Crippen molar-refractivity contribution in [1.29, 1.82) is 0 Å². The zero-order chi connectivity index (χ0) is 18.9. The summed E-state index contributed by atoms with van der Waals surface area (Å²) in [4.78, 5) is 34.1. The van der Waals surface area contributed by atoms with Gasteiger partial charge in [0, 0.05) is 24.1 Å². The van der Waals surface area contributed by atoms with E-state index < -0.39 is 0 Å². The van der Waals surface area contributed by atoms with E-state index in [1.807, 2.05) is 42.2 Å². The van der Waals surface area contributed by atoms with Gasteiger partial charge in [0.1, 0.15) is 11.6 Å². The number of para-hydroxylation sites is 1. The number of carbonyl (C=O) groups is 1. The second-order valence-electron chi connectivity index (χ2n) is 7.55. The normalized spacial score (nSPS) is 17.7. The van der Waals surface area contributed by atoms with Gasteiger partial charge in [0.15, 0.2) is 0 Å². The molecule has 1 spiro atoms. The number of rotatable bonds is 4. The van der Waals surface area contributed by atoms with Gasteiger partial charge in [0.05, 0.1) is 18.7 Å². The van der Waals surface area contributed by atoms with Gasteiger partial charge in [-0.1, -0.05) is 18.2 Å². The Morgan fingerprint density at radius 1 is 1.22 bits per heavy atom. The Kier molecular flexibility index (Phi) is 4.72. The second kappa shape index (κ2) is 7.18. The molecular formula is C21H25N3O3. The summed E-state index contributed by atoms with van der Waals surface area (Å²) in [6.07, 6.45) is 3.88. The minimum absolute atomic E-state index is 0.00550. The molecule has 1 aromatic heterocycles. The van der Waals surface area contributed by atoms with Crippen LogP contribution < -0.4 is 10.3 Å². The van der Waals surface area contributed by atoms with Gasteiger partial charge in [0.2, 0.25) is 5.91 Å². The summed E-state index contributed by atoms with van der Waals surface area (Å²) >= 11 is 0. The lowest BCUT2D eigenvalue weighted by atomic mass is 9.76. The molecule has 0 saturated carbocycles. The van der Waals surface area contributed by atoms with Crippen molar-refractivity contribution in [2.24, 2.45) is 0 Å². The van der Waals surface area contributed by atoms with Gasteiger partial charge in [0.25, 0.3) is 5.56 Å². The minimum Gasteiger partial charge on any atom is -0.493 e. The van der Waals surface area contributed by atoms with E-state index in [4.69, 9.17) is 4.74 Å². The number of aromatic amines is 1. The van der Waals surface area contributed by atoms with E-state index in [2.05, 4.69) is 9.97 Å². The Morgan fingerprint density at radius 2 is 1.96 bits per heavy atom. The largest absolute Gasteiger partial charge is 0.493 e. The molecule has 6 heteroatoms. The molecule has 4 rings (SSSR count). The fraction of sp³-hybridized carbons (Fsp3) is 0.476. The van der Waals surface area contributed by atoms with Crippen molar-refractivity contribution in [3.8, 4) is 5.75 Å². The fourth-order valence-electron chi connectivity index (χ4n) is 4.37. The first-order chi connectivity index (χ1) is 13.1. The molecule has 1 N–H and O–H groups in total. The average Bonchev–Trinajstić information content (AvgIpc) is 3.01. The molecule has 27 heavy (non-hydrogen) atoms. The maximum atomic E-state index is 12.5. The number of nitrogens with one attached hydrogen (secondary N) is 1. The van der Waals surface area contributed by atoms with E-state index in [0.717, 1.165) is 55.8 Å². The first-order valence-electron chi connectivity index (χ1n) is 9.63. The molecule has 6 nitrogen and oxygen atoms in total. The van der Waals surface area contributed by atoms with Crippen molar-refractivity contribution in [2.45, 2.75) is 44.4 Å². The Labute approximate surface area is 158 Å². The van der Waals surface area contributed by atoms with Crippen LogP contribution in [0.1, 0.15) is 42.8 Å². The Balaban J connectivity index is 1.35. The Bertz CT molecular complexity index is 883. The van der Waals surface area contributed by atoms with Gasteiger partial charge in [-0.3, -0.25) is 9.59 Å². The van der Waals surface area contributed by atoms with E-state index >= 15 is 0 Å². The molecule has 0 atom stereocenters. The van der Waals surface area contributed by atoms with Crippen LogP contribution in [0, 0.1) is 6.92 Å². The SMILES string of the molecule is Cc1nc2c(c(=O)[nH]1)CCC21CCN(C(=O)CCOc2ccccc2)CC1. The summed E-state index contributed by atoms with van der Waals surface area (Å²) < 4.78 is 5.64. The molecule has 1 saturated heterocycles. The predicted molar refractivity (Wildman–Crippen MR) is 102 cm³/mol. The first-order valence-corrected chi connectivity index (χ1v) is 9.63. The number of aromatic nitrogens is 2. The lowest BCUT2D eigenvalue weighted by Gasteiger charge is -2.39. The van der Waals surface area contributed by atoms with Crippen molar-refractivity contribution in [3.05, 3.63) is 57.8 Å². The molecule has 2 aromatic rings. The predicted octanol–water partition coefficient (Wildman–Crippen LogP) is 2.35. The number of ether oxygens (including phenoxy) is 1. The third kappa shape index (κ3) is 3.48. The highest BCUT2D eigenvalue weighted by Crippen LogP contribution is 2.44. The highest BCUT2D eigenvalue weighted by molar-refractivity contribution is 5.76. The molecule has 1 aromatic carbocycles. The number of fused-ring (bicyclic) bond motifs is 2. The quantitative estimate of drug-likeness (QED) is 0.900. The van der Waals surface area contributed by atoms with Crippen LogP contribution in [0.5, 0.6) is 5.75 Å². The number of hydrogen-bond donors (Lipinski definition) is 1. The summed E-state index contributed by atoms with van der Waals surface area (Å²) in [6, 6.07) is 9.56. The highest BCUT2D eigenvalue weighted by atomic mass is 16.5. The third-order valence-electron chi connectivity index (χ3n) is 5.89. The smallest absolute Gasteiger partial charge is 0.254 e. The van der Waals surface area contributed by atoms with Gasteiger partial charge in [-0.15, -0.1) is 0 Å². The summed E-state index contributed by atoms with van der Waals surface area (Å²) in [5.74, 6) is 1.60. The van der Waals surface area contributed by atoms with Crippen LogP contribution >= 0.6 is 0 Å². The summed E-state index contributed by atoms with van der Waals surface area (Å²) in [5, 5.41) is 0. The monoisotopic (exact) mass is 367 g/mol. The van der Waals surface area contributed by atoms with Crippen molar-refractivity contribution in [2.75, 3.05) is 19.7 Å². The maximum Gasteiger partial charge on any atom is 0.254 e. The molecule has 2 heterocycles. The number of likely N-dealkylation sites (tertiary alicyclic amines) is 1. The van der Waals surface area contributed by atoms with Crippen molar-refractivity contribution >= 4 is 5.91 Å². The van der Waals surface area contributed by atoms with E-state index in [1.165, 1.54) is 0 Å². The topological polar surface area (TPSA) is 75.3 Å². The standard InChI is InChI=1S/C21H25N3O3/c1-15-22-19-17(20(26)23-15)7-9-21(19)10-12-24(13-11-21)18(25)8-14-27-16-5-3-2-4-6-16/h2-6H,7-14H2,1H3,(H,22,23,26). The van der Waals surface area contributed by atoms with E-state index in [1.54, 1.807) is 0 Å². The number of hydrogen-bond acceptors (Lipinski definition) is 4. The lowest BCUT2D eigenvalue weighted by Crippen LogP contribution is -2.45. The minimum atomic E-state index is -0.0360. The van der Waals surface area contributed by atoms with Crippen LogP contribution in [0.3, 0.4) is 0 Å². The molecular weight excluding hydrogens is 342 g/mol. The molecule has 142 valence electrons. The average molecular weight is 367 g/mol. The third-order valence-corrected chi connectivity index (χ3v) is 5.89. The number of piperidine rings is 1. The Morgan fingerprint density at radius 3 is 2.70 bits per heavy atom. The summed E-state index contributed by atoms with van der Waals surface area (Å²) in [5.41, 5.74) is 1.79. The van der Waals surface area contributed by atoms with Crippen molar-refractivity contribution in [3.63, 3.8) is 0 Å². The fourth-order valence-corrected chi connectivity index (χ4v) is 4.37. The number of aryl methyl sites for hydroxylation is 1. The molecule has 0 bridgehead atoms. The van der Waals surface area contributed by atoms with Gasteiger partial charge < -0.3 is 14.6 Å². The first kappa shape index (κ1) is 17.8. The molecule has 0 radical (unpaired) electrons. The number of benzene rings is 1. The van der Waals surface area contributed by atoms with Gasteiger partial charge in [-0.25, -0.2) is 4.98 Å². The molecule has 1 fully saturated rings. The maximum absolute atomic E-state index is 12.5. The van der Waals surface area contributed by atoms with Crippen LogP contribution in [0.4, 0.5) is 0 Å². The van der Waals surface area contributed by atoms with E-state index in [9.17, 15) is 9.59 Å². The van der Waals surface area contributed by atoms with Crippen LogP contribution in [0.25, 0.3) is 0 Å². The number of nitrogens with zero attached hydrogens (tertiary/aromatic N) is 2. The van der Waals surface area contributed by atoms with Crippen molar-refractivity contribution < 1.29 is 9.53 Å².